The average Bonchev–Trinajstić information content (AvgIpc) is 3.46. The van der Waals surface area contributed by atoms with Crippen molar-refractivity contribution in [1.29, 1.82) is 0 Å². The largest absolute Gasteiger partial charge is 0.489 e. The van der Waals surface area contributed by atoms with Gasteiger partial charge >= 0.3 is 6.09 Å². The first-order chi connectivity index (χ1) is 20.0. The molecule has 1 saturated heterocycles. The second kappa shape index (κ2) is 10.6. The van der Waals surface area contributed by atoms with E-state index in [4.69, 9.17) is 14.5 Å². The summed E-state index contributed by atoms with van der Waals surface area (Å²) in [6.45, 7) is 11.1. The summed E-state index contributed by atoms with van der Waals surface area (Å²) in [7, 11) is 0. The molecule has 0 unspecified atom stereocenters. The van der Waals surface area contributed by atoms with Crippen molar-refractivity contribution >= 4 is 40.2 Å². The van der Waals surface area contributed by atoms with Gasteiger partial charge in [-0.15, -0.1) is 0 Å². The normalized spacial score (nSPS) is 18.8. The van der Waals surface area contributed by atoms with Crippen LogP contribution in [-0.4, -0.2) is 69.2 Å². The maximum Gasteiger partial charge on any atom is 0.410 e. The highest BCUT2D eigenvalue weighted by Crippen LogP contribution is 2.38. The van der Waals surface area contributed by atoms with Gasteiger partial charge in [-0.3, -0.25) is 14.2 Å². The van der Waals surface area contributed by atoms with E-state index in [1.807, 2.05) is 39.0 Å². The van der Waals surface area contributed by atoms with Gasteiger partial charge in [-0.05, 0) is 65.2 Å². The smallest absolute Gasteiger partial charge is 0.410 e. The Kier molecular flexibility index (Phi) is 7.06. The second-order valence-electron chi connectivity index (χ2n) is 12.5. The molecule has 2 aliphatic heterocycles. The number of aryl methyl sites for hydroxylation is 1. The molecule has 2 aromatic heterocycles. The third kappa shape index (κ3) is 5.16. The van der Waals surface area contributed by atoms with Crippen molar-refractivity contribution in [2.75, 3.05) is 36.5 Å². The molecule has 0 radical (unpaired) electrons. The number of hydrogen-bond acceptors (Lipinski definition) is 9. The first kappa shape index (κ1) is 28.0. The van der Waals surface area contributed by atoms with Crippen LogP contribution in [0, 0.1) is 6.92 Å². The number of nitrogens with zero attached hydrogens (tertiary/aromatic N) is 5. The zero-order chi connectivity index (χ0) is 29.8. The topological polar surface area (TPSA) is 119 Å². The van der Waals surface area contributed by atoms with E-state index in [0.29, 0.717) is 48.8 Å². The molecule has 1 aromatic carbocycles. The van der Waals surface area contributed by atoms with Gasteiger partial charge in [-0.25, -0.2) is 9.78 Å². The fraction of sp³-hybridized carbons (Fsp3) is 0.516. The number of carbonyl (C=O) groups is 2. The van der Waals surface area contributed by atoms with Crippen molar-refractivity contribution < 1.29 is 19.1 Å². The number of fused-ring (bicyclic) bond motifs is 4. The van der Waals surface area contributed by atoms with Gasteiger partial charge in [0.1, 0.15) is 23.6 Å². The number of nitrogens with one attached hydrogen (secondary N) is 1. The summed E-state index contributed by atoms with van der Waals surface area (Å²) in [6.07, 6.45) is 5.26. The number of hydrogen-bond donors (Lipinski definition) is 1. The first-order valence-corrected chi connectivity index (χ1v) is 14.7. The lowest BCUT2D eigenvalue weighted by Crippen LogP contribution is -2.59. The fourth-order valence-electron chi connectivity index (χ4n) is 6.38. The van der Waals surface area contributed by atoms with Gasteiger partial charge in [0.2, 0.25) is 5.95 Å². The summed E-state index contributed by atoms with van der Waals surface area (Å²) < 4.78 is 13.4. The molecule has 222 valence electrons. The van der Waals surface area contributed by atoms with Crippen molar-refractivity contribution in [2.45, 2.75) is 78.0 Å². The molecule has 0 bridgehead atoms. The maximum absolute atomic E-state index is 13.5. The van der Waals surface area contributed by atoms with Gasteiger partial charge in [0, 0.05) is 49.0 Å². The van der Waals surface area contributed by atoms with Crippen LogP contribution in [0.3, 0.4) is 0 Å². The molecule has 11 nitrogen and oxygen atoms in total. The van der Waals surface area contributed by atoms with E-state index in [0.717, 1.165) is 42.8 Å². The molecule has 11 heteroatoms. The molecule has 3 aliphatic rings. The third-order valence-electron chi connectivity index (χ3n) is 8.34. The number of pyridine rings is 1. The number of Topliss-reactive ketones (excluding diaryl/α,β-unsaturated/α-hetero) is 1. The lowest BCUT2D eigenvalue weighted by molar-refractivity contribution is 0.0195. The number of carbonyl (C=O) groups excluding carboxylic acids is 2. The minimum Gasteiger partial charge on any atom is -0.489 e. The molecule has 1 saturated carbocycles. The van der Waals surface area contributed by atoms with Crippen molar-refractivity contribution in [2.24, 2.45) is 0 Å². The van der Waals surface area contributed by atoms with Crippen LogP contribution in [0.1, 0.15) is 75.3 Å². The summed E-state index contributed by atoms with van der Waals surface area (Å²) in [4.78, 5) is 51.9. The van der Waals surface area contributed by atoms with Crippen LogP contribution in [0.4, 0.5) is 22.1 Å². The molecule has 1 atom stereocenters. The minimum atomic E-state index is -0.535. The molecule has 1 aliphatic carbocycles. The number of anilines is 3. The highest BCUT2D eigenvalue weighted by Gasteiger charge is 2.36. The van der Waals surface area contributed by atoms with E-state index in [9.17, 15) is 14.4 Å². The Labute approximate surface area is 244 Å². The van der Waals surface area contributed by atoms with Crippen LogP contribution in [0.25, 0.3) is 11.0 Å². The van der Waals surface area contributed by atoms with E-state index in [-0.39, 0.29) is 35.1 Å². The molecule has 42 heavy (non-hydrogen) atoms. The molecule has 6 rings (SSSR count). The number of rotatable bonds is 4. The second-order valence-corrected chi connectivity index (χ2v) is 12.5. The lowest BCUT2D eigenvalue weighted by Gasteiger charge is -2.45. The number of aromatic nitrogens is 3. The number of ether oxygens (including phenoxy) is 2. The molecule has 2 fully saturated rings. The summed E-state index contributed by atoms with van der Waals surface area (Å²) in [6, 6.07) is 5.94. The lowest BCUT2D eigenvalue weighted by atomic mass is 10.0. The Hall–Kier alpha value is -4.15. The monoisotopic (exact) mass is 574 g/mol. The van der Waals surface area contributed by atoms with Gasteiger partial charge in [0.15, 0.2) is 5.78 Å². The summed E-state index contributed by atoms with van der Waals surface area (Å²) in [5, 5.41) is 3.99. The Bertz CT molecular complexity index is 1620. The van der Waals surface area contributed by atoms with Crippen molar-refractivity contribution in [3.63, 3.8) is 0 Å². The van der Waals surface area contributed by atoms with Crippen molar-refractivity contribution in [1.82, 2.24) is 19.4 Å². The van der Waals surface area contributed by atoms with E-state index < -0.39 is 5.60 Å². The molecule has 3 aromatic rings. The average molecular weight is 575 g/mol. The molecule has 0 spiro atoms. The van der Waals surface area contributed by atoms with Crippen molar-refractivity contribution in [3.8, 4) is 5.75 Å². The molecule has 4 heterocycles. The Balaban J connectivity index is 1.25. The zero-order valence-electron chi connectivity index (χ0n) is 24.9. The standard InChI is InChI=1S/C31H38N6O5/c1-18-23-15-32-29(34-27(23)37(21-8-6-7-9-21)28(39)26(18)19(2)38)33-20-10-11-24-25(14-20)41-17-22-16-35(12-13-36(22)24)30(40)42-31(3,4)5/h10-11,14-15,21-22H,6-9,12-13,16-17H2,1-5H3,(H,32,33,34)/t22-/m0/s1. The molecule has 1 amide bonds. The number of ketones is 1. The third-order valence-corrected chi connectivity index (χ3v) is 8.34. The first-order valence-electron chi connectivity index (χ1n) is 14.7. The Morgan fingerprint density at radius 1 is 1.12 bits per heavy atom. The summed E-state index contributed by atoms with van der Waals surface area (Å²) >= 11 is 0. The van der Waals surface area contributed by atoms with Crippen LogP contribution in [-0.2, 0) is 4.74 Å². The van der Waals surface area contributed by atoms with E-state index in [2.05, 4.69) is 15.2 Å². The number of piperazine rings is 1. The number of amides is 1. The van der Waals surface area contributed by atoms with Crippen molar-refractivity contribution in [3.05, 3.63) is 45.9 Å². The molecule has 1 N–H and O–H groups in total. The van der Waals surface area contributed by atoms with E-state index in [1.165, 1.54) is 6.92 Å². The predicted octanol–water partition coefficient (Wildman–Crippen LogP) is 4.98. The van der Waals surface area contributed by atoms with Crippen LogP contribution in [0.2, 0.25) is 0 Å². The van der Waals surface area contributed by atoms with Crippen LogP contribution in [0.15, 0.2) is 29.2 Å². The number of benzene rings is 1. The SMILES string of the molecule is CC(=O)c1c(C)c2cnc(Nc3ccc4c(c3)OC[C@@H]3CN(C(=O)OC(C)(C)C)CCN43)nc2n(C2CCCC2)c1=O. The van der Waals surface area contributed by atoms with Gasteiger partial charge < -0.3 is 24.6 Å². The maximum atomic E-state index is 13.5. The molecular weight excluding hydrogens is 536 g/mol. The van der Waals surface area contributed by atoms with Crippen LogP contribution >= 0.6 is 0 Å². The quantitative estimate of drug-likeness (QED) is 0.430. The van der Waals surface area contributed by atoms with Gasteiger partial charge in [0.25, 0.3) is 5.56 Å². The Morgan fingerprint density at radius 2 is 1.88 bits per heavy atom. The van der Waals surface area contributed by atoms with Crippen LogP contribution in [0.5, 0.6) is 5.75 Å². The predicted molar refractivity (Wildman–Crippen MR) is 160 cm³/mol. The van der Waals surface area contributed by atoms with Gasteiger partial charge in [-0.2, -0.15) is 4.98 Å². The van der Waals surface area contributed by atoms with Gasteiger partial charge in [0.05, 0.1) is 17.3 Å². The van der Waals surface area contributed by atoms with Gasteiger partial charge in [-0.1, -0.05) is 12.8 Å². The zero-order valence-corrected chi connectivity index (χ0v) is 24.9. The van der Waals surface area contributed by atoms with Crippen LogP contribution < -0.4 is 20.5 Å². The summed E-state index contributed by atoms with van der Waals surface area (Å²) in [5.41, 5.74) is 2.31. The highest BCUT2D eigenvalue weighted by molar-refractivity contribution is 5.99. The Morgan fingerprint density at radius 3 is 2.60 bits per heavy atom. The minimum absolute atomic E-state index is 0.0160. The van der Waals surface area contributed by atoms with E-state index >= 15 is 0 Å². The summed E-state index contributed by atoms with van der Waals surface area (Å²) in [5.74, 6) is 0.867. The highest BCUT2D eigenvalue weighted by atomic mass is 16.6. The molecular formula is C31H38N6O5. The fourth-order valence-corrected chi connectivity index (χ4v) is 6.38. The van der Waals surface area contributed by atoms with E-state index in [1.54, 1.807) is 22.6 Å².